The zero-order chi connectivity index (χ0) is 12.4. The third-order valence-corrected chi connectivity index (χ3v) is 5.36. The molecule has 5 N–H and O–H groups in total. The average molecular weight is 251 g/mol. The predicted molar refractivity (Wildman–Crippen MR) is 61.8 cm³/mol. The predicted octanol–water partition coefficient (Wildman–Crippen LogP) is 1.03. The van der Waals surface area contributed by atoms with Crippen molar-refractivity contribution in [2.45, 2.75) is 44.4 Å². The van der Waals surface area contributed by atoms with E-state index in [1.807, 2.05) is 6.92 Å². The summed E-state index contributed by atoms with van der Waals surface area (Å²) in [6.07, 6.45) is 4.37. The van der Waals surface area contributed by atoms with Gasteiger partial charge in [0.15, 0.2) is 5.34 Å². The van der Waals surface area contributed by atoms with Crippen LogP contribution in [0.2, 0.25) is 0 Å². The van der Waals surface area contributed by atoms with Crippen molar-refractivity contribution in [1.29, 1.82) is 0 Å². The number of nitrogens with two attached hydrogens (primary N) is 1. The molecule has 0 radical (unpaired) electrons. The van der Waals surface area contributed by atoms with Crippen molar-refractivity contribution < 1.29 is 19.5 Å². The molecule has 0 aromatic heterocycles. The normalized spacial score (nSPS) is 31.1. The van der Waals surface area contributed by atoms with Crippen LogP contribution >= 0.6 is 7.60 Å². The van der Waals surface area contributed by atoms with Crippen LogP contribution in [-0.4, -0.2) is 26.8 Å². The van der Waals surface area contributed by atoms with Crippen LogP contribution in [0.4, 0.5) is 0 Å². The SMILES string of the molecule is CCC1CCCCC1C(O)(CN)P(=O)(O)O. The van der Waals surface area contributed by atoms with Gasteiger partial charge in [0.25, 0.3) is 0 Å². The van der Waals surface area contributed by atoms with E-state index in [2.05, 4.69) is 0 Å². The van der Waals surface area contributed by atoms with Gasteiger partial charge in [0.05, 0.1) is 0 Å². The fraction of sp³-hybridized carbons (Fsp3) is 1.00. The Morgan fingerprint density at radius 3 is 2.38 bits per heavy atom. The van der Waals surface area contributed by atoms with Crippen molar-refractivity contribution >= 4 is 7.60 Å². The highest BCUT2D eigenvalue weighted by molar-refractivity contribution is 7.53. The summed E-state index contributed by atoms with van der Waals surface area (Å²) >= 11 is 0. The summed E-state index contributed by atoms with van der Waals surface area (Å²) in [5.41, 5.74) is 5.40. The standard InChI is InChI=1S/C10H22NO4P/c1-2-8-5-3-4-6-9(8)10(12,7-11)16(13,14)15/h8-9,12H,2-7,11H2,1H3,(H2,13,14,15). The smallest absolute Gasteiger partial charge is 0.358 e. The summed E-state index contributed by atoms with van der Waals surface area (Å²) in [5, 5.41) is 8.16. The van der Waals surface area contributed by atoms with E-state index in [0.717, 1.165) is 25.7 Å². The highest BCUT2D eigenvalue weighted by Crippen LogP contribution is 2.57. The Morgan fingerprint density at radius 1 is 1.38 bits per heavy atom. The number of aliphatic hydroxyl groups is 1. The van der Waals surface area contributed by atoms with E-state index in [9.17, 15) is 19.5 Å². The maximum Gasteiger partial charge on any atom is 0.358 e. The molecule has 1 saturated carbocycles. The third-order valence-electron chi connectivity index (χ3n) is 3.83. The van der Waals surface area contributed by atoms with E-state index in [0.29, 0.717) is 6.42 Å². The first-order valence-corrected chi connectivity index (χ1v) is 7.46. The van der Waals surface area contributed by atoms with Crippen LogP contribution < -0.4 is 5.73 Å². The first-order chi connectivity index (χ1) is 7.36. The lowest BCUT2D eigenvalue weighted by Gasteiger charge is -2.42. The summed E-state index contributed by atoms with van der Waals surface area (Å²) < 4.78 is 11.4. The minimum absolute atomic E-state index is 0.162. The van der Waals surface area contributed by atoms with Crippen molar-refractivity contribution in [1.82, 2.24) is 0 Å². The van der Waals surface area contributed by atoms with E-state index >= 15 is 0 Å². The lowest BCUT2D eigenvalue weighted by atomic mass is 9.74. The molecule has 1 rings (SSSR count). The van der Waals surface area contributed by atoms with Crippen LogP contribution in [0.25, 0.3) is 0 Å². The maximum atomic E-state index is 11.4. The zero-order valence-corrected chi connectivity index (χ0v) is 10.6. The fourth-order valence-electron chi connectivity index (χ4n) is 2.79. The Labute approximate surface area is 96.2 Å². The van der Waals surface area contributed by atoms with Gasteiger partial charge < -0.3 is 20.6 Å². The zero-order valence-electron chi connectivity index (χ0n) is 9.67. The summed E-state index contributed by atoms with van der Waals surface area (Å²) in [5.74, 6) is -0.216. The first-order valence-electron chi connectivity index (χ1n) is 5.85. The largest absolute Gasteiger partial charge is 0.376 e. The van der Waals surface area contributed by atoms with Crippen molar-refractivity contribution in [3.8, 4) is 0 Å². The highest BCUT2D eigenvalue weighted by Gasteiger charge is 2.52. The molecule has 1 aliphatic rings. The Bertz CT molecular complexity index is 280. The molecule has 3 unspecified atom stereocenters. The summed E-state index contributed by atoms with van der Waals surface area (Å²) in [6.45, 7) is 1.61. The number of hydrogen-bond acceptors (Lipinski definition) is 3. The van der Waals surface area contributed by atoms with Gasteiger partial charge in [0, 0.05) is 12.5 Å². The maximum absolute atomic E-state index is 11.4. The first kappa shape index (κ1) is 14.1. The van der Waals surface area contributed by atoms with Gasteiger partial charge in [-0.3, -0.25) is 4.57 Å². The molecule has 6 heteroatoms. The van der Waals surface area contributed by atoms with Gasteiger partial charge in [-0.15, -0.1) is 0 Å². The second kappa shape index (κ2) is 5.15. The molecule has 0 heterocycles. The monoisotopic (exact) mass is 251 g/mol. The Morgan fingerprint density at radius 2 is 1.94 bits per heavy atom. The summed E-state index contributed by atoms with van der Waals surface area (Å²) in [6, 6.07) is 0. The molecule has 0 spiro atoms. The summed E-state index contributed by atoms with van der Waals surface area (Å²) in [4.78, 5) is 18.6. The van der Waals surface area contributed by atoms with Crippen LogP contribution in [-0.2, 0) is 4.57 Å². The van der Waals surface area contributed by atoms with E-state index in [1.54, 1.807) is 0 Å². The van der Waals surface area contributed by atoms with Crippen LogP contribution in [0.15, 0.2) is 0 Å². The van der Waals surface area contributed by atoms with Crippen molar-refractivity contribution in [2.75, 3.05) is 6.54 Å². The van der Waals surface area contributed by atoms with E-state index in [-0.39, 0.29) is 18.4 Å². The molecule has 0 aromatic rings. The Hall–Kier alpha value is 0.0700. The van der Waals surface area contributed by atoms with E-state index in [1.165, 1.54) is 0 Å². The Balaban J connectivity index is 2.97. The summed E-state index contributed by atoms with van der Waals surface area (Å²) in [7, 11) is -4.58. The van der Waals surface area contributed by atoms with Crippen LogP contribution in [0.3, 0.4) is 0 Å². The van der Waals surface area contributed by atoms with Gasteiger partial charge in [0.2, 0.25) is 0 Å². The number of rotatable bonds is 4. The third kappa shape index (κ3) is 2.49. The van der Waals surface area contributed by atoms with E-state index in [4.69, 9.17) is 5.73 Å². The fourth-order valence-corrected chi connectivity index (χ4v) is 3.80. The van der Waals surface area contributed by atoms with Gasteiger partial charge in [-0.05, 0) is 12.3 Å². The molecular formula is C10H22NO4P. The van der Waals surface area contributed by atoms with Crippen LogP contribution in [0.5, 0.6) is 0 Å². The minimum Gasteiger partial charge on any atom is -0.376 e. The van der Waals surface area contributed by atoms with Gasteiger partial charge in [-0.2, -0.15) is 0 Å². The Kier molecular flexibility index (Phi) is 4.55. The highest BCUT2D eigenvalue weighted by atomic mass is 31.2. The molecule has 1 aliphatic carbocycles. The lowest BCUT2D eigenvalue weighted by molar-refractivity contribution is -0.00440. The van der Waals surface area contributed by atoms with Crippen molar-refractivity contribution in [3.63, 3.8) is 0 Å². The van der Waals surface area contributed by atoms with Crippen molar-refractivity contribution in [3.05, 3.63) is 0 Å². The molecule has 0 saturated heterocycles. The van der Waals surface area contributed by atoms with Crippen LogP contribution in [0, 0.1) is 11.8 Å². The quantitative estimate of drug-likeness (QED) is 0.559. The molecule has 5 nitrogen and oxygen atoms in total. The number of hydrogen-bond donors (Lipinski definition) is 4. The van der Waals surface area contributed by atoms with Gasteiger partial charge >= 0.3 is 7.60 Å². The van der Waals surface area contributed by atoms with Gasteiger partial charge in [0.1, 0.15) is 0 Å². The molecular weight excluding hydrogens is 229 g/mol. The molecule has 0 aliphatic heterocycles. The van der Waals surface area contributed by atoms with E-state index < -0.39 is 12.9 Å². The molecule has 0 amide bonds. The second-order valence-electron chi connectivity index (χ2n) is 4.69. The minimum atomic E-state index is -4.58. The van der Waals surface area contributed by atoms with Crippen LogP contribution in [0.1, 0.15) is 39.0 Å². The molecule has 3 atom stereocenters. The molecule has 1 fully saturated rings. The molecule has 0 bridgehead atoms. The van der Waals surface area contributed by atoms with Crippen molar-refractivity contribution in [2.24, 2.45) is 17.6 Å². The second-order valence-corrected chi connectivity index (χ2v) is 6.55. The van der Waals surface area contributed by atoms with Gasteiger partial charge in [-0.25, -0.2) is 0 Å². The molecule has 16 heavy (non-hydrogen) atoms. The lowest BCUT2D eigenvalue weighted by Crippen LogP contribution is -2.48. The van der Waals surface area contributed by atoms with Gasteiger partial charge in [-0.1, -0.05) is 32.6 Å². The molecule has 0 aromatic carbocycles. The average Bonchev–Trinajstić information content (AvgIpc) is 2.26. The topological polar surface area (TPSA) is 104 Å². The molecule has 96 valence electrons.